The average Bonchev–Trinajstić information content (AvgIpc) is 3.42. The summed E-state index contributed by atoms with van der Waals surface area (Å²) in [5.41, 5.74) is 1.47. The smallest absolute Gasteiger partial charge is 0.292 e. The Hall–Kier alpha value is -4.82. The molecule has 0 bridgehead atoms. The van der Waals surface area contributed by atoms with Gasteiger partial charge in [0, 0.05) is 17.5 Å². The summed E-state index contributed by atoms with van der Waals surface area (Å²) in [6.07, 6.45) is 1.46. The van der Waals surface area contributed by atoms with Crippen LogP contribution in [-0.2, 0) is 9.59 Å². The maximum atomic E-state index is 13.3. The topological polar surface area (TPSA) is 150 Å². The predicted octanol–water partition coefficient (Wildman–Crippen LogP) is 4.89. The van der Waals surface area contributed by atoms with E-state index >= 15 is 0 Å². The number of amides is 2. The van der Waals surface area contributed by atoms with Gasteiger partial charge in [-0.2, -0.15) is 5.26 Å². The highest BCUT2D eigenvalue weighted by atomic mass is 32.2. The lowest BCUT2D eigenvalue weighted by Gasteiger charge is -2.28. The monoisotopic (exact) mass is 515 g/mol. The first-order chi connectivity index (χ1) is 17.9. The molecule has 0 radical (unpaired) electrons. The second-order valence-corrected chi connectivity index (χ2v) is 8.88. The first kappa shape index (κ1) is 25.3. The molecule has 2 amide bonds. The summed E-state index contributed by atoms with van der Waals surface area (Å²) in [5.74, 6) is -1.43. The van der Waals surface area contributed by atoms with Crippen LogP contribution in [0.15, 0.2) is 99.3 Å². The second-order valence-electron chi connectivity index (χ2n) is 7.90. The summed E-state index contributed by atoms with van der Waals surface area (Å²) in [6, 6.07) is 20.3. The van der Waals surface area contributed by atoms with Crippen molar-refractivity contribution >= 4 is 40.6 Å². The van der Waals surface area contributed by atoms with E-state index in [4.69, 9.17) is 4.42 Å². The summed E-state index contributed by atoms with van der Waals surface area (Å²) < 4.78 is 5.59. The van der Waals surface area contributed by atoms with E-state index in [-0.39, 0.29) is 22.7 Å². The van der Waals surface area contributed by atoms with E-state index in [2.05, 4.69) is 22.0 Å². The Labute approximate surface area is 216 Å². The van der Waals surface area contributed by atoms with E-state index in [0.717, 1.165) is 11.8 Å². The zero-order valence-corrected chi connectivity index (χ0v) is 20.4. The SMILES string of the molecule is CC1=C(C(=O)Nc2ccccc2)C(c2ccco2)C(C#N)=C(SCC(=O)Nc2ccccc2[N+](=O)[O-])N1. The number of hydrogen-bond acceptors (Lipinski definition) is 8. The highest BCUT2D eigenvalue weighted by Crippen LogP contribution is 2.41. The molecule has 2 heterocycles. The van der Waals surface area contributed by atoms with Gasteiger partial charge >= 0.3 is 0 Å². The maximum absolute atomic E-state index is 13.3. The van der Waals surface area contributed by atoms with Crippen LogP contribution in [0.5, 0.6) is 0 Å². The maximum Gasteiger partial charge on any atom is 0.292 e. The van der Waals surface area contributed by atoms with E-state index in [1.54, 1.807) is 49.4 Å². The van der Waals surface area contributed by atoms with E-state index in [0.29, 0.717) is 27.7 Å². The Morgan fingerprint density at radius 1 is 1.11 bits per heavy atom. The van der Waals surface area contributed by atoms with Gasteiger partial charge in [-0.1, -0.05) is 42.1 Å². The number of anilines is 2. The van der Waals surface area contributed by atoms with E-state index < -0.39 is 22.7 Å². The van der Waals surface area contributed by atoms with Gasteiger partial charge in [-0.15, -0.1) is 0 Å². The van der Waals surface area contributed by atoms with Gasteiger partial charge in [0.15, 0.2) is 0 Å². The van der Waals surface area contributed by atoms with Crippen molar-refractivity contribution in [3.63, 3.8) is 0 Å². The van der Waals surface area contributed by atoms with Gasteiger partial charge in [0.1, 0.15) is 11.4 Å². The second kappa shape index (κ2) is 11.3. The number of para-hydroxylation sites is 3. The molecule has 0 saturated carbocycles. The Kier molecular flexibility index (Phi) is 7.71. The van der Waals surface area contributed by atoms with Gasteiger partial charge in [0.25, 0.3) is 11.6 Å². The number of carbonyl (C=O) groups excluding carboxylic acids is 2. The molecule has 1 atom stereocenters. The zero-order valence-electron chi connectivity index (χ0n) is 19.6. The van der Waals surface area contributed by atoms with Crippen LogP contribution < -0.4 is 16.0 Å². The van der Waals surface area contributed by atoms with E-state index in [1.807, 2.05) is 6.07 Å². The van der Waals surface area contributed by atoms with Crippen LogP contribution in [0, 0.1) is 21.4 Å². The third-order valence-electron chi connectivity index (χ3n) is 5.47. The number of nitrogens with zero attached hydrogens (tertiary/aromatic N) is 2. The number of nitriles is 1. The lowest BCUT2D eigenvalue weighted by atomic mass is 9.85. The lowest BCUT2D eigenvalue weighted by Crippen LogP contribution is -2.31. The van der Waals surface area contributed by atoms with Crippen LogP contribution in [-0.4, -0.2) is 22.5 Å². The molecule has 11 heteroatoms. The molecule has 3 N–H and O–H groups in total. The number of nitro groups is 1. The van der Waals surface area contributed by atoms with Gasteiger partial charge in [-0.25, -0.2) is 0 Å². The van der Waals surface area contributed by atoms with Crippen LogP contribution in [0.3, 0.4) is 0 Å². The molecule has 10 nitrogen and oxygen atoms in total. The minimum absolute atomic E-state index is 0.0774. The fourth-order valence-electron chi connectivity index (χ4n) is 3.85. The zero-order chi connectivity index (χ0) is 26.4. The number of furan rings is 1. The summed E-state index contributed by atoms with van der Waals surface area (Å²) in [5, 5.41) is 30.2. The molecule has 1 aliphatic heterocycles. The van der Waals surface area contributed by atoms with E-state index in [1.165, 1.54) is 24.5 Å². The molecular formula is C26H21N5O5S. The largest absolute Gasteiger partial charge is 0.468 e. The van der Waals surface area contributed by atoms with Crippen molar-refractivity contribution in [1.29, 1.82) is 5.26 Å². The molecule has 2 aromatic carbocycles. The number of benzene rings is 2. The van der Waals surface area contributed by atoms with Crippen LogP contribution in [0.4, 0.5) is 17.1 Å². The summed E-state index contributed by atoms with van der Waals surface area (Å²) in [7, 11) is 0. The molecule has 186 valence electrons. The molecule has 1 aliphatic rings. The van der Waals surface area contributed by atoms with Gasteiger partial charge in [-0.05, 0) is 37.3 Å². The molecule has 0 saturated heterocycles. The minimum Gasteiger partial charge on any atom is -0.468 e. The molecular weight excluding hydrogens is 494 g/mol. The number of hydrogen-bond donors (Lipinski definition) is 3. The Balaban J connectivity index is 1.58. The number of nitro benzene ring substituents is 1. The standard InChI is InChI=1S/C26H21N5O5S/c1-16-23(25(33)29-17-8-3-2-4-9-17)24(21-12-7-13-36-21)18(14-27)26(28-16)37-15-22(32)30-19-10-5-6-11-20(19)31(34)35/h2-13,24,28H,15H2,1H3,(H,29,33)(H,30,32). The average molecular weight is 516 g/mol. The van der Waals surface area contributed by atoms with Crippen molar-refractivity contribution in [3.05, 3.63) is 111 Å². The first-order valence-corrected chi connectivity index (χ1v) is 12.1. The van der Waals surface area contributed by atoms with Crippen LogP contribution >= 0.6 is 11.8 Å². The molecule has 0 fully saturated rings. The van der Waals surface area contributed by atoms with Crippen LogP contribution in [0.1, 0.15) is 18.6 Å². The molecule has 0 aliphatic carbocycles. The van der Waals surface area contributed by atoms with Crippen LogP contribution in [0.25, 0.3) is 0 Å². The summed E-state index contributed by atoms with van der Waals surface area (Å²) >= 11 is 1.05. The van der Waals surface area contributed by atoms with Crippen molar-refractivity contribution < 1.29 is 18.9 Å². The Morgan fingerprint density at radius 3 is 2.51 bits per heavy atom. The number of thioether (sulfide) groups is 1. The third kappa shape index (κ3) is 5.71. The highest BCUT2D eigenvalue weighted by Gasteiger charge is 2.36. The quantitative estimate of drug-likeness (QED) is 0.283. The number of allylic oxidation sites excluding steroid dienone is 2. The van der Waals surface area contributed by atoms with Crippen molar-refractivity contribution in [1.82, 2.24) is 5.32 Å². The van der Waals surface area contributed by atoms with Crippen molar-refractivity contribution in [2.75, 3.05) is 16.4 Å². The lowest BCUT2D eigenvalue weighted by molar-refractivity contribution is -0.383. The summed E-state index contributed by atoms with van der Waals surface area (Å²) in [4.78, 5) is 36.6. The molecule has 37 heavy (non-hydrogen) atoms. The number of rotatable bonds is 8. The first-order valence-electron chi connectivity index (χ1n) is 11.1. The molecule has 1 unspecified atom stereocenters. The molecule has 3 aromatic rings. The fourth-order valence-corrected chi connectivity index (χ4v) is 4.74. The van der Waals surface area contributed by atoms with Gasteiger partial charge < -0.3 is 20.4 Å². The highest BCUT2D eigenvalue weighted by molar-refractivity contribution is 8.03. The Morgan fingerprint density at radius 2 is 1.84 bits per heavy atom. The van der Waals surface area contributed by atoms with Gasteiger partial charge in [0.05, 0.1) is 45.1 Å². The molecule has 4 rings (SSSR count). The normalized spacial score (nSPS) is 15.0. The predicted molar refractivity (Wildman–Crippen MR) is 139 cm³/mol. The third-order valence-corrected chi connectivity index (χ3v) is 6.49. The van der Waals surface area contributed by atoms with Crippen molar-refractivity contribution in [3.8, 4) is 6.07 Å². The Bertz CT molecular complexity index is 1440. The number of carbonyl (C=O) groups is 2. The van der Waals surface area contributed by atoms with E-state index in [9.17, 15) is 25.0 Å². The van der Waals surface area contributed by atoms with Crippen molar-refractivity contribution in [2.45, 2.75) is 12.8 Å². The molecule has 1 aromatic heterocycles. The minimum atomic E-state index is -0.800. The number of dihydropyridines is 1. The number of nitrogens with one attached hydrogen (secondary N) is 3. The van der Waals surface area contributed by atoms with Gasteiger partial charge in [-0.3, -0.25) is 19.7 Å². The summed E-state index contributed by atoms with van der Waals surface area (Å²) in [6.45, 7) is 1.71. The van der Waals surface area contributed by atoms with Crippen molar-refractivity contribution in [2.24, 2.45) is 0 Å². The molecule has 0 spiro atoms. The van der Waals surface area contributed by atoms with Gasteiger partial charge in [0.2, 0.25) is 5.91 Å². The fraction of sp³-hybridized carbons (Fsp3) is 0.115. The van der Waals surface area contributed by atoms with Crippen LogP contribution in [0.2, 0.25) is 0 Å².